The molecule has 31 heavy (non-hydrogen) atoms. The third kappa shape index (κ3) is 10.6. The summed E-state index contributed by atoms with van der Waals surface area (Å²) in [5, 5.41) is 30.0. The van der Waals surface area contributed by atoms with Crippen LogP contribution in [0.15, 0.2) is 12.2 Å². The molecule has 0 bridgehead atoms. The molecular weight excluding hydrogens is 392 g/mol. The summed E-state index contributed by atoms with van der Waals surface area (Å²) >= 11 is 0. The van der Waals surface area contributed by atoms with Crippen molar-refractivity contribution in [3.05, 3.63) is 12.2 Å². The van der Waals surface area contributed by atoms with Gasteiger partial charge in [0.2, 0.25) is 0 Å². The van der Waals surface area contributed by atoms with E-state index in [4.69, 9.17) is 5.11 Å². The Morgan fingerprint density at radius 1 is 1.16 bits per heavy atom. The van der Waals surface area contributed by atoms with Crippen LogP contribution in [0.2, 0.25) is 0 Å². The van der Waals surface area contributed by atoms with Crippen molar-refractivity contribution in [1.82, 2.24) is 0 Å². The molecule has 5 nitrogen and oxygen atoms in total. The minimum atomic E-state index is -1.05. The highest BCUT2D eigenvalue weighted by molar-refractivity contribution is 5.84. The highest BCUT2D eigenvalue weighted by atomic mass is 16.3. The number of aliphatic hydroxyl groups excluding tert-OH is 2. The molecule has 1 aliphatic carbocycles. The smallest absolute Gasteiger partial charge is 0.158 e. The van der Waals surface area contributed by atoms with E-state index in [9.17, 15) is 19.8 Å². The van der Waals surface area contributed by atoms with E-state index in [2.05, 4.69) is 18.8 Å². The predicted molar refractivity (Wildman–Crippen MR) is 123 cm³/mol. The molecule has 3 N–H and O–H groups in total. The zero-order chi connectivity index (χ0) is 23.1. The molecule has 0 aliphatic heterocycles. The number of hydrogen-bond donors (Lipinski definition) is 3. The molecule has 0 heterocycles. The molecule has 0 amide bonds. The average molecular weight is 435 g/mol. The first-order valence-corrected chi connectivity index (χ1v) is 12.0. The predicted octanol–water partition coefficient (Wildman–Crippen LogP) is 4.13. The van der Waals surface area contributed by atoms with E-state index >= 15 is 0 Å². The molecule has 176 valence electrons. The molecule has 5 heteroatoms. The first-order valence-electron chi connectivity index (χ1n) is 12.0. The Hall–Kier alpha value is -1.48. The minimum Gasteiger partial charge on any atom is -0.392 e. The third-order valence-corrected chi connectivity index (χ3v) is 6.25. The van der Waals surface area contributed by atoms with Gasteiger partial charge in [-0.15, -0.1) is 5.92 Å². The van der Waals surface area contributed by atoms with Crippen LogP contribution in [-0.4, -0.2) is 45.2 Å². The lowest BCUT2D eigenvalue weighted by molar-refractivity contribution is -0.122. The van der Waals surface area contributed by atoms with E-state index in [1.807, 2.05) is 12.2 Å². The van der Waals surface area contributed by atoms with Crippen LogP contribution >= 0.6 is 0 Å². The summed E-state index contributed by atoms with van der Waals surface area (Å²) < 4.78 is 0. The SMILES string of the molecule is CC#CC(O)(CC=C[C@H]1[C@H](O)CC(=O)[C@@H]1CCCCCCC(=O)CO)CCCCCC. The second kappa shape index (κ2) is 15.3. The number of Topliss-reactive ketones (excluding diaryl/α,β-unsaturated/α-hetero) is 2. The fourth-order valence-corrected chi connectivity index (χ4v) is 4.42. The van der Waals surface area contributed by atoms with E-state index in [0.717, 1.165) is 57.8 Å². The van der Waals surface area contributed by atoms with Crippen molar-refractivity contribution >= 4 is 11.6 Å². The van der Waals surface area contributed by atoms with E-state index < -0.39 is 11.7 Å². The van der Waals surface area contributed by atoms with E-state index in [1.54, 1.807) is 6.92 Å². The standard InChI is InChI=1S/C26H42O5/c1-3-5-6-11-17-26(31,16-4-2)18-12-15-23-22(24(29)19-25(23)30)14-10-8-7-9-13-21(28)20-27/h12,15,22-23,25,27,30-31H,3,5-11,13-14,17-20H2,1-2H3/t22-,23-,25-,26?/m1/s1. The van der Waals surface area contributed by atoms with Crippen molar-refractivity contribution in [2.75, 3.05) is 6.61 Å². The Morgan fingerprint density at radius 3 is 2.55 bits per heavy atom. The molecule has 0 aromatic rings. The molecule has 1 fully saturated rings. The van der Waals surface area contributed by atoms with Crippen LogP contribution in [0.25, 0.3) is 0 Å². The summed E-state index contributed by atoms with van der Waals surface area (Å²) in [6.07, 6.45) is 13.3. The molecule has 0 aromatic carbocycles. The van der Waals surface area contributed by atoms with Crippen molar-refractivity contribution in [3.8, 4) is 11.8 Å². The second-order valence-electron chi connectivity index (χ2n) is 8.92. The summed E-state index contributed by atoms with van der Waals surface area (Å²) in [6.45, 7) is 3.50. The lowest BCUT2D eigenvalue weighted by Gasteiger charge is -2.22. The van der Waals surface area contributed by atoms with Gasteiger partial charge in [-0.05, 0) is 32.6 Å². The molecule has 1 rings (SSSR count). The van der Waals surface area contributed by atoms with Crippen LogP contribution in [0, 0.1) is 23.7 Å². The topological polar surface area (TPSA) is 94.8 Å². The van der Waals surface area contributed by atoms with Gasteiger partial charge in [-0.2, -0.15) is 0 Å². The zero-order valence-corrected chi connectivity index (χ0v) is 19.4. The van der Waals surface area contributed by atoms with Gasteiger partial charge in [-0.25, -0.2) is 0 Å². The summed E-state index contributed by atoms with van der Waals surface area (Å²) in [5.41, 5.74) is -1.05. The van der Waals surface area contributed by atoms with Crippen LogP contribution in [-0.2, 0) is 9.59 Å². The number of rotatable bonds is 16. The first kappa shape index (κ1) is 27.6. The number of carbonyl (C=O) groups excluding carboxylic acids is 2. The van der Waals surface area contributed by atoms with Gasteiger partial charge in [0, 0.05) is 31.1 Å². The van der Waals surface area contributed by atoms with E-state index in [1.165, 1.54) is 0 Å². The van der Waals surface area contributed by atoms with Crippen molar-refractivity contribution < 1.29 is 24.9 Å². The highest BCUT2D eigenvalue weighted by Crippen LogP contribution is 2.34. The molecule has 0 radical (unpaired) electrons. The Balaban J connectivity index is 2.54. The fraction of sp³-hybridized carbons (Fsp3) is 0.769. The van der Waals surface area contributed by atoms with Crippen LogP contribution < -0.4 is 0 Å². The highest BCUT2D eigenvalue weighted by Gasteiger charge is 2.39. The van der Waals surface area contributed by atoms with Gasteiger partial charge in [0.05, 0.1) is 6.10 Å². The van der Waals surface area contributed by atoms with Crippen molar-refractivity contribution in [3.63, 3.8) is 0 Å². The first-order chi connectivity index (χ1) is 14.9. The third-order valence-electron chi connectivity index (χ3n) is 6.25. The molecule has 1 aliphatic rings. The summed E-state index contributed by atoms with van der Waals surface area (Å²) in [7, 11) is 0. The number of aliphatic hydroxyl groups is 3. The number of carbonyl (C=O) groups is 2. The maximum absolute atomic E-state index is 12.4. The molecule has 0 aromatic heterocycles. The monoisotopic (exact) mass is 434 g/mol. The largest absolute Gasteiger partial charge is 0.392 e. The lowest BCUT2D eigenvalue weighted by atomic mass is 9.87. The van der Waals surface area contributed by atoms with Gasteiger partial charge in [0.1, 0.15) is 18.0 Å². The van der Waals surface area contributed by atoms with Crippen LogP contribution in [0.4, 0.5) is 0 Å². The molecule has 0 saturated heterocycles. The molecule has 1 unspecified atom stereocenters. The van der Waals surface area contributed by atoms with Gasteiger partial charge < -0.3 is 15.3 Å². The summed E-state index contributed by atoms with van der Waals surface area (Å²) in [5.74, 6) is 5.38. The van der Waals surface area contributed by atoms with Crippen molar-refractivity contribution in [2.45, 2.75) is 109 Å². The maximum atomic E-state index is 12.4. The maximum Gasteiger partial charge on any atom is 0.158 e. The molecule has 1 saturated carbocycles. The number of hydrogen-bond acceptors (Lipinski definition) is 5. The number of unbranched alkanes of at least 4 members (excludes halogenated alkanes) is 6. The fourth-order valence-electron chi connectivity index (χ4n) is 4.42. The molecule has 4 atom stereocenters. The lowest BCUT2D eigenvalue weighted by Crippen LogP contribution is -2.26. The Bertz CT molecular complexity index is 629. The van der Waals surface area contributed by atoms with Crippen LogP contribution in [0.1, 0.15) is 97.3 Å². The van der Waals surface area contributed by atoms with Gasteiger partial charge in [0.25, 0.3) is 0 Å². The van der Waals surface area contributed by atoms with Gasteiger partial charge in [0.15, 0.2) is 5.78 Å². The number of ketones is 2. The van der Waals surface area contributed by atoms with Gasteiger partial charge >= 0.3 is 0 Å². The second-order valence-corrected chi connectivity index (χ2v) is 8.92. The van der Waals surface area contributed by atoms with Crippen molar-refractivity contribution in [2.24, 2.45) is 11.8 Å². The van der Waals surface area contributed by atoms with E-state index in [0.29, 0.717) is 19.3 Å². The summed E-state index contributed by atoms with van der Waals surface area (Å²) in [4.78, 5) is 23.5. The molecule has 0 spiro atoms. The van der Waals surface area contributed by atoms with Gasteiger partial charge in [-0.3, -0.25) is 9.59 Å². The van der Waals surface area contributed by atoms with Crippen LogP contribution in [0.5, 0.6) is 0 Å². The van der Waals surface area contributed by atoms with Gasteiger partial charge in [-0.1, -0.05) is 63.5 Å². The Kier molecular flexibility index (Phi) is 13.6. The zero-order valence-electron chi connectivity index (χ0n) is 19.4. The van der Waals surface area contributed by atoms with E-state index in [-0.39, 0.29) is 36.4 Å². The quantitative estimate of drug-likeness (QED) is 0.193. The summed E-state index contributed by atoms with van der Waals surface area (Å²) in [6, 6.07) is 0. The van der Waals surface area contributed by atoms with Crippen molar-refractivity contribution in [1.29, 1.82) is 0 Å². The molecular formula is C26H42O5. The average Bonchev–Trinajstić information content (AvgIpc) is 3.00. The normalized spacial score (nSPS) is 23.0. The van der Waals surface area contributed by atoms with Crippen LogP contribution in [0.3, 0.4) is 0 Å². The minimum absolute atomic E-state index is 0.112. The Labute approximate surface area is 188 Å². The Morgan fingerprint density at radius 2 is 1.87 bits per heavy atom.